The first kappa shape index (κ1) is 18.7. The molecular formula is C24H21FN2O2. The Hall–Kier alpha value is -3.60. The lowest BCUT2D eigenvalue weighted by atomic mass is 10.1. The molecule has 0 saturated carbocycles. The number of para-hydroxylation sites is 1. The van der Waals surface area contributed by atoms with Crippen molar-refractivity contribution in [2.24, 2.45) is 0 Å². The number of benzene rings is 3. The highest BCUT2D eigenvalue weighted by atomic mass is 19.1. The van der Waals surface area contributed by atoms with Crippen LogP contribution in [0.5, 0.6) is 0 Å². The van der Waals surface area contributed by atoms with E-state index in [1.165, 1.54) is 6.07 Å². The molecule has 4 rings (SSSR count). The number of anilines is 1. The summed E-state index contributed by atoms with van der Waals surface area (Å²) in [6.45, 7) is 0.603. The Morgan fingerprint density at radius 3 is 2.52 bits per heavy atom. The van der Waals surface area contributed by atoms with E-state index in [4.69, 9.17) is 0 Å². The van der Waals surface area contributed by atoms with E-state index in [2.05, 4.69) is 4.90 Å². The summed E-state index contributed by atoms with van der Waals surface area (Å²) < 4.78 is 15.4. The first-order valence-corrected chi connectivity index (χ1v) is 9.38. The van der Waals surface area contributed by atoms with E-state index >= 15 is 0 Å². The molecule has 0 aliphatic carbocycles. The van der Waals surface area contributed by atoms with Gasteiger partial charge in [-0.1, -0.05) is 30.3 Å². The van der Waals surface area contributed by atoms with E-state index < -0.39 is 5.97 Å². The van der Waals surface area contributed by atoms with Gasteiger partial charge in [0.25, 0.3) is 0 Å². The lowest BCUT2D eigenvalue weighted by molar-refractivity contribution is -0.136. The van der Waals surface area contributed by atoms with Crippen molar-refractivity contribution in [3.05, 3.63) is 95.9 Å². The third kappa shape index (κ3) is 3.99. The molecule has 1 heterocycles. The van der Waals surface area contributed by atoms with Gasteiger partial charge in [-0.15, -0.1) is 0 Å². The van der Waals surface area contributed by atoms with Crippen LogP contribution in [0.25, 0.3) is 16.6 Å². The molecule has 0 unspecified atom stereocenters. The average molecular weight is 388 g/mol. The second-order valence-electron chi connectivity index (χ2n) is 7.11. The largest absolute Gasteiger partial charge is 0.481 e. The van der Waals surface area contributed by atoms with Gasteiger partial charge in [0, 0.05) is 36.6 Å². The SMILES string of the molecule is CN(Cc1cccc(F)c1)c1ccc(-n2cc(CC(=O)O)c3ccccc32)cc1. The van der Waals surface area contributed by atoms with Crippen molar-refractivity contribution in [1.82, 2.24) is 4.57 Å². The van der Waals surface area contributed by atoms with Gasteiger partial charge in [-0.3, -0.25) is 4.79 Å². The van der Waals surface area contributed by atoms with Crippen LogP contribution in [-0.4, -0.2) is 22.7 Å². The maximum absolute atomic E-state index is 13.4. The second-order valence-corrected chi connectivity index (χ2v) is 7.11. The van der Waals surface area contributed by atoms with E-state index in [0.29, 0.717) is 6.54 Å². The van der Waals surface area contributed by atoms with Crippen molar-refractivity contribution in [2.75, 3.05) is 11.9 Å². The van der Waals surface area contributed by atoms with Crippen LogP contribution in [0, 0.1) is 5.82 Å². The minimum atomic E-state index is -0.845. The number of rotatable bonds is 6. The molecule has 0 saturated heterocycles. The maximum atomic E-state index is 13.4. The molecule has 0 bridgehead atoms. The predicted octanol–water partition coefficient (Wildman–Crippen LogP) is 5.03. The summed E-state index contributed by atoms with van der Waals surface area (Å²) in [6, 6.07) is 22.5. The zero-order valence-electron chi connectivity index (χ0n) is 16.0. The van der Waals surface area contributed by atoms with Crippen LogP contribution < -0.4 is 4.90 Å². The van der Waals surface area contributed by atoms with E-state index in [-0.39, 0.29) is 12.2 Å². The lowest BCUT2D eigenvalue weighted by Crippen LogP contribution is -2.16. The Bertz CT molecular complexity index is 1170. The molecule has 0 atom stereocenters. The second kappa shape index (κ2) is 7.80. The quantitative estimate of drug-likeness (QED) is 0.504. The van der Waals surface area contributed by atoms with Gasteiger partial charge in [0.15, 0.2) is 0 Å². The van der Waals surface area contributed by atoms with Crippen molar-refractivity contribution in [2.45, 2.75) is 13.0 Å². The van der Waals surface area contributed by atoms with Crippen LogP contribution in [0.3, 0.4) is 0 Å². The Balaban J connectivity index is 1.62. The van der Waals surface area contributed by atoms with Crippen LogP contribution in [0.1, 0.15) is 11.1 Å². The molecule has 5 heteroatoms. The van der Waals surface area contributed by atoms with Crippen molar-refractivity contribution in [1.29, 1.82) is 0 Å². The number of hydrogen-bond donors (Lipinski definition) is 1. The average Bonchev–Trinajstić information content (AvgIpc) is 3.06. The predicted molar refractivity (Wildman–Crippen MR) is 113 cm³/mol. The normalized spacial score (nSPS) is 11.0. The van der Waals surface area contributed by atoms with Gasteiger partial charge >= 0.3 is 5.97 Å². The molecule has 3 aromatic carbocycles. The van der Waals surface area contributed by atoms with Gasteiger partial charge in [-0.25, -0.2) is 4.39 Å². The first-order valence-electron chi connectivity index (χ1n) is 9.38. The molecule has 0 aliphatic rings. The third-order valence-corrected chi connectivity index (χ3v) is 5.01. The summed E-state index contributed by atoms with van der Waals surface area (Å²) in [6.07, 6.45) is 1.88. The number of halogens is 1. The fraction of sp³-hybridized carbons (Fsp3) is 0.125. The highest BCUT2D eigenvalue weighted by Gasteiger charge is 2.12. The number of carboxylic acid groups (broad SMARTS) is 1. The Morgan fingerprint density at radius 2 is 1.79 bits per heavy atom. The monoisotopic (exact) mass is 388 g/mol. The molecule has 29 heavy (non-hydrogen) atoms. The van der Waals surface area contributed by atoms with E-state index in [9.17, 15) is 14.3 Å². The summed E-state index contributed by atoms with van der Waals surface area (Å²) in [4.78, 5) is 13.3. The minimum absolute atomic E-state index is 0.0119. The number of aromatic nitrogens is 1. The molecule has 4 nitrogen and oxygen atoms in total. The first-order chi connectivity index (χ1) is 14.0. The smallest absolute Gasteiger partial charge is 0.307 e. The van der Waals surface area contributed by atoms with Gasteiger partial charge in [-0.05, 0) is 53.6 Å². The maximum Gasteiger partial charge on any atom is 0.307 e. The standard InChI is InChI=1S/C24H21FN2O2/c1-26(15-17-5-4-6-19(25)13-17)20-9-11-21(12-10-20)27-16-18(14-24(28)29)22-7-2-3-8-23(22)27/h2-13,16H,14-15H2,1H3,(H,28,29). The molecule has 0 spiro atoms. The highest BCUT2D eigenvalue weighted by Crippen LogP contribution is 2.27. The molecule has 1 N–H and O–H groups in total. The van der Waals surface area contributed by atoms with Crippen molar-refractivity contribution >= 4 is 22.6 Å². The Labute approximate surface area is 168 Å². The number of hydrogen-bond acceptors (Lipinski definition) is 2. The topological polar surface area (TPSA) is 45.5 Å². The molecule has 0 radical (unpaired) electrons. The van der Waals surface area contributed by atoms with Gasteiger partial charge in [-0.2, -0.15) is 0 Å². The van der Waals surface area contributed by atoms with Crippen molar-refractivity contribution in [3.8, 4) is 5.69 Å². The van der Waals surface area contributed by atoms with E-state index in [1.54, 1.807) is 12.1 Å². The third-order valence-electron chi connectivity index (χ3n) is 5.01. The highest BCUT2D eigenvalue weighted by molar-refractivity contribution is 5.88. The van der Waals surface area contributed by atoms with Gasteiger partial charge in [0.05, 0.1) is 11.9 Å². The molecule has 4 aromatic rings. The van der Waals surface area contributed by atoms with Crippen LogP contribution in [-0.2, 0) is 17.8 Å². The summed E-state index contributed by atoms with van der Waals surface area (Å²) in [7, 11) is 1.97. The number of fused-ring (bicyclic) bond motifs is 1. The number of nitrogens with zero attached hydrogens (tertiary/aromatic N) is 2. The molecule has 0 amide bonds. The van der Waals surface area contributed by atoms with Crippen LogP contribution in [0.15, 0.2) is 79.0 Å². The minimum Gasteiger partial charge on any atom is -0.481 e. The zero-order chi connectivity index (χ0) is 20.4. The molecule has 1 aromatic heterocycles. The number of carbonyl (C=O) groups is 1. The fourth-order valence-corrected chi connectivity index (χ4v) is 3.64. The fourth-order valence-electron chi connectivity index (χ4n) is 3.64. The molecule has 0 aliphatic heterocycles. The summed E-state index contributed by atoms with van der Waals surface area (Å²) >= 11 is 0. The number of aliphatic carboxylic acids is 1. The molecular weight excluding hydrogens is 367 g/mol. The van der Waals surface area contributed by atoms with Gasteiger partial charge < -0.3 is 14.6 Å². The number of carboxylic acids is 1. The Kier molecular flexibility index (Phi) is 5.04. The van der Waals surface area contributed by atoms with Crippen molar-refractivity contribution in [3.63, 3.8) is 0 Å². The summed E-state index contributed by atoms with van der Waals surface area (Å²) in [5.74, 6) is -1.08. The molecule has 146 valence electrons. The van der Waals surface area contributed by atoms with E-state index in [1.807, 2.05) is 72.4 Å². The lowest BCUT2D eigenvalue weighted by Gasteiger charge is -2.20. The zero-order valence-corrected chi connectivity index (χ0v) is 16.0. The van der Waals surface area contributed by atoms with Gasteiger partial charge in [0.2, 0.25) is 0 Å². The van der Waals surface area contributed by atoms with Crippen molar-refractivity contribution < 1.29 is 14.3 Å². The summed E-state index contributed by atoms with van der Waals surface area (Å²) in [5.41, 5.74) is 4.65. The van der Waals surface area contributed by atoms with Crippen LogP contribution >= 0.6 is 0 Å². The Morgan fingerprint density at radius 1 is 1.03 bits per heavy atom. The van der Waals surface area contributed by atoms with Crippen LogP contribution in [0.4, 0.5) is 10.1 Å². The van der Waals surface area contributed by atoms with E-state index in [0.717, 1.165) is 33.4 Å². The van der Waals surface area contributed by atoms with Crippen LogP contribution in [0.2, 0.25) is 0 Å². The van der Waals surface area contributed by atoms with Gasteiger partial charge in [0.1, 0.15) is 5.82 Å². The summed E-state index contributed by atoms with van der Waals surface area (Å²) in [5, 5.41) is 10.2. The molecule has 0 fully saturated rings.